The Labute approximate surface area is 104 Å². The third-order valence-corrected chi connectivity index (χ3v) is 3.64. The largest absolute Gasteiger partial charge is 0.0924 e. The summed E-state index contributed by atoms with van der Waals surface area (Å²) in [6.07, 6.45) is 2.21. The standard InChI is InChI=1S/C15H13Br/c16-8-7-11-5-6-15-13(9-11)10-12-3-1-2-4-14(12)15/h1-6,9H,7-8,10H2. The summed E-state index contributed by atoms with van der Waals surface area (Å²) in [6, 6.07) is 15.6. The number of rotatable bonds is 2. The first-order valence-corrected chi connectivity index (χ1v) is 6.76. The molecule has 0 aromatic heterocycles. The van der Waals surface area contributed by atoms with Gasteiger partial charge in [-0.05, 0) is 40.7 Å². The zero-order valence-electron chi connectivity index (χ0n) is 9.04. The molecule has 0 saturated carbocycles. The van der Waals surface area contributed by atoms with Crippen molar-refractivity contribution < 1.29 is 0 Å². The summed E-state index contributed by atoms with van der Waals surface area (Å²) < 4.78 is 0. The normalized spacial score (nSPS) is 12.3. The lowest BCUT2D eigenvalue weighted by molar-refractivity contribution is 1.15. The molecule has 3 rings (SSSR count). The Morgan fingerprint density at radius 2 is 1.75 bits per heavy atom. The summed E-state index contributed by atoms with van der Waals surface area (Å²) in [7, 11) is 0. The minimum Gasteiger partial charge on any atom is -0.0924 e. The van der Waals surface area contributed by atoms with E-state index in [4.69, 9.17) is 0 Å². The molecule has 0 unspecified atom stereocenters. The second-order valence-electron chi connectivity index (χ2n) is 4.26. The highest BCUT2D eigenvalue weighted by atomic mass is 79.9. The lowest BCUT2D eigenvalue weighted by atomic mass is 10.0. The van der Waals surface area contributed by atoms with Crippen molar-refractivity contribution in [3.8, 4) is 11.1 Å². The highest BCUT2D eigenvalue weighted by Crippen LogP contribution is 2.36. The highest BCUT2D eigenvalue weighted by Gasteiger charge is 2.17. The van der Waals surface area contributed by atoms with Crippen molar-refractivity contribution in [1.82, 2.24) is 0 Å². The molecule has 0 radical (unpaired) electrons. The predicted molar refractivity (Wildman–Crippen MR) is 72.2 cm³/mol. The van der Waals surface area contributed by atoms with Crippen molar-refractivity contribution in [3.05, 3.63) is 59.2 Å². The molecule has 0 aliphatic heterocycles. The van der Waals surface area contributed by atoms with Gasteiger partial charge in [-0.15, -0.1) is 0 Å². The average molecular weight is 273 g/mol. The lowest BCUT2D eigenvalue weighted by Gasteiger charge is -2.03. The molecule has 0 fully saturated rings. The first kappa shape index (κ1) is 10.1. The smallest absolute Gasteiger partial charge is 0.00718 e. The SMILES string of the molecule is BrCCc1ccc2c(c1)Cc1ccccc1-2. The first-order valence-electron chi connectivity index (χ1n) is 5.64. The number of fused-ring (bicyclic) bond motifs is 3. The second kappa shape index (κ2) is 4.06. The molecule has 16 heavy (non-hydrogen) atoms. The zero-order chi connectivity index (χ0) is 11.0. The summed E-state index contributed by atoms with van der Waals surface area (Å²) in [4.78, 5) is 0. The summed E-state index contributed by atoms with van der Waals surface area (Å²) in [5.74, 6) is 0. The number of alkyl halides is 1. The zero-order valence-corrected chi connectivity index (χ0v) is 10.6. The Morgan fingerprint density at radius 1 is 0.938 bits per heavy atom. The Bertz CT molecular complexity index is 529. The van der Waals surface area contributed by atoms with E-state index in [9.17, 15) is 0 Å². The van der Waals surface area contributed by atoms with Crippen molar-refractivity contribution in [1.29, 1.82) is 0 Å². The quantitative estimate of drug-likeness (QED) is 0.614. The molecular formula is C15H13Br. The molecule has 0 spiro atoms. The van der Waals surface area contributed by atoms with Gasteiger partial charge in [-0.3, -0.25) is 0 Å². The van der Waals surface area contributed by atoms with Gasteiger partial charge in [-0.1, -0.05) is 58.4 Å². The number of benzene rings is 2. The Hall–Kier alpha value is -1.08. The van der Waals surface area contributed by atoms with Crippen LogP contribution in [0.15, 0.2) is 42.5 Å². The molecule has 0 saturated heterocycles. The van der Waals surface area contributed by atoms with Crippen LogP contribution in [0.3, 0.4) is 0 Å². The van der Waals surface area contributed by atoms with E-state index in [1.807, 2.05) is 0 Å². The average Bonchev–Trinajstić information content (AvgIpc) is 2.67. The van der Waals surface area contributed by atoms with Gasteiger partial charge in [0.15, 0.2) is 0 Å². The van der Waals surface area contributed by atoms with Crippen LogP contribution >= 0.6 is 15.9 Å². The van der Waals surface area contributed by atoms with E-state index in [-0.39, 0.29) is 0 Å². The van der Waals surface area contributed by atoms with Crippen molar-refractivity contribution >= 4 is 15.9 Å². The van der Waals surface area contributed by atoms with Gasteiger partial charge in [0, 0.05) is 5.33 Å². The molecule has 0 bridgehead atoms. The number of hydrogen-bond acceptors (Lipinski definition) is 0. The highest BCUT2D eigenvalue weighted by molar-refractivity contribution is 9.09. The number of hydrogen-bond donors (Lipinski definition) is 0. The predicted octanol–water partition coefficient (Wildman–Crippen LogP) is 4.20. The number of halogens is 1. The van der Waals surface area contributed by atoms with Crippen molar-refractivity contribution in [3.63, 3.8) is 0 Å². The molecule has 1 heteroatoms. The van der Waals surface area contributed by atoms with Crippen LogP contribution in [0.2, 0.25) is 0 Å². The maximum absolute atomic E-state index is 3.50. The molecule has 0 atom stereocenters. The van der Waals surface area contributed by atoms with Crippen LogP contribution in [0.1, 0.15) is 16.7 Å². The molecule has 0 amide bonds. The van der Waals surface area contributed by atoms with Crippen LogP contribution in [0, 0.1) is 0 Å². The Kier molecular flexibility index (Phi) is 2.56. The van der Waals surface area contributed by atoms with Gasteiger partial charge < -0.3 is 0 Å². The number of aryl methyl sites for hydroxylation is 1. The molecule has 0 nitrogen and oxygen atoms in total. The monoisotopic (exact) mass is 272 g/mol. The molecule has 0 N–H and O–H groups in total. The van der Waals surface area contributed by atoms with E-state index in [1.54, 1.807) is 0 Å². The van der Waals surface area contributed by atoms with Gasteiger partial charge in [-0.25, -0.2) is 0 Å². The fourth-order valence-electron chi connectivity index (χ4n) is 2.46. The molecule has 2 aromatic carbocycles. The summed E-state index contributed by atoms with van der Waals surface area (Å²) in [5, 5.41) is 1.04. The van der Waals surface area contributed by atoms with E-state index in [0.29, 0.717) is 0 Å². The van der Waals surface area contributed by atoms with Gasteiger partial charge in [0.05, 0.1) is 0 Å². The van der Waals surface area contributed by atoms with Crippen LogP contribution in [0.5, 0.6) is 0 Å². The van der Waals surface area contributed by atoms with Crippen molar-refractivity contribution in [2.45, 2.75) is 12.8 Å². The van der Waals surface area contributed by atoms with Crippen LogP contribution in [0.4, 0.5) is 0 Å². The van der Waals surface area contributed by atoms with Crippen molar-refractivity contribution in [2.24, 2.45) is 0 Å². The van der Waals surface area contributed by atoms with Gasteiger partial charge in [0.2, 0.25) is 0 Å². The molecule has 2 aromatic rings. The molecule has 1 aliphatic rings. The maximum atomic E-state index is 3.50. The van der Waals surface area contributed by atoms with Gasteiger partial charge in [0.25, 0.3) is 0 Å². The van der Waals surface area contributed by atoms with Crippen LogP contribution in [-0.4, -0.2) is 5.33 Å². The van der Waals surface area contributed by atoms with E-state index < -0.39 is 0 Å². The minimum atomic E-state index is 1.04. The fourth-order valence-corrected chi connectivity index (χ4v) is 2.92. The lowest BCUT2D eigenvalue weighted by Crippen LogP contribution is -1.88. The Balaban J connectivity index is 2.07. The van der Waals surface area contributed by atoms with Gasteiger partial charge in [0.1, 0.15) is 0 Å². The van der Waals surface area contributed by atoms with Crippen LogP contribution in [-0.2, 0) is 12.8 Å². The van der Waals surface area contributed by atoms with E-state index in [1.165, 1.54) is 27.8 Å². The van der Waals surface area contributed by atoms with E-state index in [2.05, 4.69) is 58.4 Å². The van der Waals surface area contributed by atoms with Crippen LogP contribution < -0.4 is 0 Å². The summed E-state index contributed by atoms with van der Waals surface area (Å²) in [5.41, 5.74) is 7.23. The Morgan fingerprint density at radius 3 is 2.62 bits per heavy atom. The van der Waals surface area contributed by atoms with E-state index >= 15 is 0 Å². The van der Waals surface area contributed by atoms with Crippen LogP contribution in [0.25, 0.3) is 11.1 Å². The van der Waals surface area contributed by atoms with Crippen molar-refractivity contribution in [2.75, 3.05) is 5.33 Å². The van der Waals surface area contributed by atoms with E-state index in [0.717, 1.165) is 18.2 Å². The van der Waals surface area contributed by atoms with Gasteiger partial charge >= 0.3 is 0 Å². The molecule has 0 heterocycles. The third kappa shape index (κ3) is 1.60. The van der Waals surface area contributed by atoms with Gasteiger partial charge in [-0.2, -0.15) is 0 Å². The third-order valence-electron chi connectivity index (χ3n) is 3.24. The second-order valence-corrected chi connectivity index (χ2v) is 5.06. The first-order chi connectivity index (χ1) is 7.88. The summed E-state index contributed by atoms with van der Waals surface area (Å²) >= 11 is 3.50. The fraction of sp³-hybridized carbons (Fsp3) is 0.200. The minimum absolute atomic E-state index is 1.04. The topological polar surface area (TPSA) is 0 Å². The maximum Gasteiger partial charge on any atom is 0.00718 e. The molecular weight excluding hydrogens is 260 g/mol. The summed E-state index contributed by atoms with van der Waals surface area (Å²) in [6.45, 7) is 0. The molecule has 80 valence electrons. The molecule has 1 aliphatic carbocycles.